The molecule has 0 bridgehead atoms. The second-order valence-corrected chi connectivity index (χ2v) is 5.92. The van der Waals surface area contributed by atoms with Gasteiger partial charge in [-0.2, -0.15) is 5.26 Å². The van der Waals surface area contributed by atoms with Gasteiger partial charge in [0.15, 0.2) is 0 Å². The maximum atomic E-state index is 12.4. The number of rotatable bonds is 5. The molecule has 0 radical (unpaired) electrons. The van der Waals surface area contributed by atoms with Crippen LogP contribution in [0.15, 0.2) is 70.7 Å². The number of nitrogens with one attached hydrogen (secondary N) is 1. The summed E-state index contributed by atoms with van der Waals surface area (Å²) in [5.74, 6) is 1.21. The van der Waals surface area contributed by atoms with E-state index in [1.54, 1.807) is 37.4 Å². The van der Waals surface area contributed by atoms with Crippen LogP contribution in [0.2, 0.25) is 0 Å². The van der Waals surface area contributed by atoms with Crippen molar-refractivity contribution in [2.45, 2.75) is 6.92 Å². The lowest BCUT2D eigenvalue weighted by Crippen LogP contribution is -2.13. The molecular weight excluding hydrogens is 340 g/mol. The van der Waals surface area contributed by atoms with Gasteiger partial charge in [-0.1, -0.05) is 35.9 Å². The summed E-state index contributed by atoms with van der Waals surface area (Å²) in [5.41, 5.74) is 2.58. The Morgan fingerprint density at radius 3 is 2.63 bits per heavy atom. The van der Waals surface area contributed by atoms with E-state index in [0.717, 1.165) is 11.1 Å². The number of nitriles is 1. The molecule has 3 aromatic rings. The van der Waals surface area contributed by atoms with Gasteiger partial charge in [-0.05, 0) is 31.2 Å². The van der Waals surface area contributed by atoms with Gasteiger partial charge >= 0.3 is 0 Å². The van der Waals surface area contributed by atoms with Crippen molar-refractivity contribution in [1.29, 1.82) is 5.26 Å². The highest BCUT2D eigenvalue weighted by Crippen LogP contribution is 2.24. The zero-order valence-corrected chi connectivity index (χ0v) is 15.0. The van der Waals surface area contributed by atoms with Gasteiger partial charge < -0.3 is 14.5 Å². The predicted molar refractivity (Wildman–Crippen MR) is 104 cm³/mol. The Morgan fingerprint density at radius 1 is 1.15 bits per heavy atom. The molecule has 0 spiro atoms. The molecule has 5 nitrogen and oxygen atoms in total. The standard InChI is InChI=1S/C22H18N2O3/c1-15-6-8-16(9-7-15)21-11-10-20(27-21)12-17(14-23)22(25)24-18-4-3-5-19(13-18)26-2/h3-13H,1-2H3,(H,24,25)/b17-12-. The Morgan fingerprint density at radius 2 is 1.93 bits per heavy atom. The maximum absolute atomic E-state index is 12.4. The van der Waals surface area contributed by atoms with Crippen molar-refractivity contribution in [3.05, 3.63) is 77.6 Å². The highest BCUT2D eigenvalue weighted by atomic mass is 16.5. The smallest absolute Gasteiger partial charge is 0.266 e. The number of ether oxygens (including phenoxy) is 1. The van der Waals surface area contributed by atoms with Crippen molar-refractivity contribution in [2.75, 3.05) is 12.4 Å². The summed E-state index contributed by atoms with van der Waals surface area (Å²) < 4.78 is 10.9. The van der Waals surface area contributed by atoms with Crippen LogP contribution < -0.4 is 10.1 Å². The van der Waals surface area contributed by atoms with E-state index in [1.807, 2.05) is 43.3 Å². The van der Waals surface area contributed by atoms with Crippen molar-refractivity contribution < 1.29 is 13.9 Å². The number of anilines is 1. The van der Waals surface area contributed by atoms with Crippen LogP contribution in [-0.4, -0.2) is 13.0 Å². The third kappa shape index (κ3) is 4.44. The maximum Gasteiger partial charge on any atom is 0.266 e. The van der Waals surface area contributed by atoms with Crippen LogP contribution in [0.1, 0.15) is 11.3 Å². The molecule has 0 atom stereocenters. The molecule has 2 aromatic carbocycles. The van der Waals surface area contributed by atoms with Crippen LogP contribution in [0.5, 0.6) is 5.75 Å². The number of carbonyl (C=O) groups is 1. The van der Waals surface area contributed by atoms with E-state index in [-0.39, 0.29) is 5.57 Å². The highest BCUT2D eigenvalue weighted by molar-refractivity contribution is 6.09. The number of hydrogen-bond donors (Lipinski definition) is 1. The summed E-state index contributed by atoms with van der Waals surface area (Å²) in [6, 6.07) is 20.3. The molecule has 0 saturated carbocycles. The molecule has 0 saturated heterocycles. The summed E-state index contributed by atoms with van der Waals surface area (Å²) in [7, 11) is 1.55. The SMILES string of the molecule is COc1cccc(NC(=O)/C(C#N)=C\c2ccc(-c3ccc(C)cc3)o2)c1. The van der Waals surface area contributed by atoms with E-state index in [2.05, 4.69) is 5.32 Å². The van der Waals surface area contributed by atoms with E-state index in [0.29, 0.717) is 23.0 Å². The minimum absolute atomic E-state index is 0.0531. The molecule has 1 heterocycles. The van der Waals surface area contributed by atoms with E-state index < -0.39 is 5.91 Å². The Kier molecular flexibility index (Phi) is 5.38. The molecule has 134 valence electrons. The molecule has 27 heavy (non-hydrogen) atoms. The Labute approximate surface area is 157 Å². The van der Waals surface area contributed by atoms with Crippen LogP contribution in [0.4, 0.5) is 5.69 Å². The molecule has 0 aliphatic rings. The summed E-state index contributed by atoms with van der Waals surface area (Å²) in [6.07, 6.45) is 1.42. The average Bonchev–Trinajstić information content (AvgIpc) is 3.15. The number of benzene rings is 2. The first-order valence-electron chi connectivity index (χ1n) is 8.33. The quantitative estimate of drug-likeness (QED) is 0.525. The first-order chi connectivity index (χ1) is 13.1. The third-order valence-corrected chi connectivity index (χ3v) is 3.94. The summed E-state index contributed by atoms with van der Waals surface area (Å²) >= 11 is 0. The number of furan rings is 1. The number of hydrogen-bond acceptors (Lipinski definition) is 4. The Hall–Kier alpha value is -3.78. The molecule has 0 aliphatic heterocycles. The average molecular weight is 358 g/mol. The lowest BCUT2D eigenvalue weighted by molar-refractivity contribution is -0.112. The van der Waals surface area contributed by atoms with Crippen molar-refractivity contribution >= 4 is 17.7 Å². The van der Waals surface area contributed by atoms with Crippen molar-refractivity contribution in [1.82, 2.24) is 0 Å². The Bertz CT molecular complexity index is 1020. The molecule has 0 aliphatic carbocycles. The first kappa shape index (κ1) is 18.0. The largest absolute Gasteiger partial charge is 0.497 e. The minimum atomic E-state index is -0.515. The highest BCUT2D eigenvalue weighted by Gasteiger charge is 2.12. The fourth-order valence-corrected chi connectivity index (χ4v) is 2.49. The van der Waals surface area contributed by atoms with Crippen LogP contribution >= 0.6 is 0 Å². The van der Waals surface area contributed by atoms with Gasteiger partial charge in [0.2, 0.25) is 0 Å². The zero-order chi connectivity index (χ0) is 19.2. The number of aryl methyl sites for hydroxylation is 1. The number of nitrogens with zero attached hydrogens (tertiary/aromatic N) is 1. The molecule has 1 amide bonds. The second-order valence-electron chi connectivity index (χ2n) is 5.92. The first-order valence-corrected chi connectivity index (χ1v) is 8.33. The zero-order valence-electron chi connectivity index (χ0n) is 15.0. The Balaban J connectivity index is 1.78. The van der Waals surface area contributed by atoms with Gasteiger partial charge in [-0.3, -0.25) is 4.79 Å². The van der Waals surface area contributed by atoms with Gasteiger partial charge in [0.1, 0.15) is 28.9 Å². The minimum Gasteiger partial charge on any atom is -0.497 e. The van der Waals surface area contributed by atoms with Crippen LogP contribution in [0, 0.1) is 18.3 Å². The normalized spacial score (nSPS) is 10.9. The molecule has 1 aromatic heterocycles. The fourth-order valence-electron chi connectivity index (χ4n) is 2.49. The summed E-state index contributed by atoms with van der Waals surface area (Å²) in [4.78, 5) is 12.4. The van der Waals surface area contributed by atoms with E-state index >= 15 is 0 Å². The fraction of sp³-hybridized carbons (Fsp3) is 0.0909. The second kappa shape index (κ2) is 8.07. The van der Waals surface area contributed by atoms with Crippen molar-refractivity contribution in [3.63, 3.8) is 0 Å². The van der Waals surface area contributed by atoms with Gasteiger partial charge in [0, 0.05) is 23.4 Å². The molecule has 5 heteroatoms. The monoisotopic (exact) mass is 358 g/mol. The molecule has 3 rings (SSSR count). The lowest BCUT2D eigenvalue weighted by Gasteiger charge is -2.06. The van der Waals surface area contributed by atoms with Gasteiger partial charge in [0.05, 0.1) is 7.11 Å². The molecule has 0 fully saturated rings. The summed E-state index contributed by atoms with van der Waals surface area (Å²) in [5, 5.41) is 12.0. The van der Waals surface area contributed by atoms with E-state index in [1.165, 1.54) is 6.08 Å². The van der Waals surface area contributed by atoms with Crippen LogP contribution in [0.25, 0.3) is 17.4 Å². The lowest BCUT2D eigenvalue weighted by atomic mass is 10.1. The summed E-state index contributed by atoms with van der Waals surface area (Å²) in [6.45, 7) is 2.01. The van der Waals surface area contributed by atoms with Crippen molar-refractivity contribution in [2.24, 2.45) is 0 Å². The van der Waals surface area contributed by atoms with E-state index in [4.69, 9.17) is 9.15 Å². The number of amides is 1. The third-order valence-electron chi connectivity index (χ3n) is 3.94. The molecular formula is C22H18N2O3. The molecule has 0 unspecified atom stereocenters. The number of carbonyl (C=O) groups excluding carboxylic acids is 1. The van der Waals surface area contributed by atoms with E-state index in [9.17, 15) is 10.1 Å². The van der Waals surface area contributed by atoms with Crippen molar-refractivity contribution in [3.8, 4) is 23.1 Å². The number of methoxy groups -OCH3 is 1. The van der Waals surface area contributed by atoms with Gasteiger partial charge in [0.25, 0.3) is 5.91 Å². The van der Waals surface area contributed by atoms with Crippen LogP contribution in [0.3, 0.4) is 0 Å². The van der Waals surface area contributed by atoms with Gasteiger partial charge in [-0.25, -0.2) is 0 Å². The predicted octanol–water partition coefficient (Wildman–Crippen LogP) is 4.81. The topological polar surface area (TPSA) is 75.3 Å². The van der Waals surface area contributed by atoms with Gasteiger partial charge in [-0.15, -0.1) is 0 Å². The van der Waals surface area contributed by atoms with Crippen LogP contribution in [-0.2, 0) is 4.79 Å². The molecule has 1 N–H and O–H groups in total.